The van der Waals surface area contributed by atoms with Crippen molar-refractivity contribution in [2.24, 2.45) is 5.92 Å². The van der Waals surface area contributed by atoms with Gasteiger partial charge in [0.15, 0.2) is 0 Å². The highest BCUT2D eigenvalue weighted by atomic mass is 16.5. The molecule has 1 spiro atoms. The lowest BCUT2D eigenvalue weighted by Gasteiger charge is -2.48. The summed E-state index contributed by atoms with van der Waals surface area (Å²) in [6.07, 6.45) is 8.30. The first-order valence-corrected chi connectivity index (χ1v) is 7.01. The first-order chi connectivity index (χ1) is 7.65. The second-order valence-corrected chi connectivity index (χ2v) is 5.90. The van der Waals surface area contributed by atoms with Crippen molar-refractivity contribution in [3.05, 3.63) is 0 Å². The molecule has 94 valence electrons. The van der Waals surface area contributed by atoms with Gasteiger partial charge in [0.05, 0.1) is 11.7 Å². The van der Waals surface area contributed by atoms with Crippen LogP contribution >= 0.6 is 0 Å². The Labute approximate surface area is 100 Å². The standard InChI is InChI=1S/C14H27NO/c1-4-5-13-6-7-14(16-12(13)2)8-10-15(3)11-9-14/h12-13H,4-11H2,1-3H3. The van der Waals surface area contributed by atoms with E-state index in [4.69, 9.17) is 4.74 Å². The molecular formula is C14H27NO. The topological polar surface area (TPSA) is 12.5 Å². The molecule has 2 fully saturated rings. The van der Waals surface area contributed by atoms with Crippen molar-refractivity contribution in [3.63, 3.8) is 0 Å². The Morgan fingerprint density at radius 2 is 1.94 bits per heavy atom. The lowest BCUT2D eigenvalue weighted by atomic mass is 9.78. The molecule has 2 unspecified atom stereocenters. The normalized spacial score (nSPS) is 35.4. The summed E-state index contributed by atoms with van der Waals surface area (Å²) in [7, 11) is 2.22. The molecule has 2 heterocycles. The summed E-state index contributed by atoms with van der Waals surface area (Å²) < 4.78 is 6.40. The number of hydrogen-bond donors (Lipinski definition) is 0. The van der Waals surface area contributed by atoms with Gasteiger partial charge in [-0.3, -0.25) is 0 Å². The first kappa shape index (κ1) is 12.4. The molecule has 0 radical (unpaired) electrons. The van der Waals surface area contributed by atoms with Gasteiger partial charge in [0.2, 0.25) is 0 Å². The van der Waals surface area contributed by atoms with E-state index >= 15 is 0 Å². The lowest BCUT2D eigenvalue weighted by molar-refractivity contribution is -0.167. The number of piperidine rings is 1. The molecule has 2 saturated heterocycles. The van der Waals surface area contributed by atoms with E-state index in [1.54, 1.807) is 0 Å². The largest absolute Gasteiger partial charge is 0.372 e. The Hall–Kier alpha value is -0.0800. The van der Waals surface area contributed by atoms with Crippen molar-refractivity contribution in [1.82, 2.24) is 4.90 Å². The summed E-state index contributed by atoms with van der Waals surface area (Å²) in [5.74, 6) is 0.815. The maximum Gasteiger partial charge on any atom is 0.0710 e. The van der Waals surface area contributed by atoms with Crippen molar-refractivity contribution >= 4 is 0 Å². The highest BCUT2D eigenvalue weighted by Gasteiger charge is 2.41. The van der Waals surface area contributed by atoms with E-state index in [0.29, 0.717) is 6.10 Å². The highest BCUT2D eigenvalue weighted by molar-refractivity contribution is 4.92. The molecule has 2 rings (SSSR count). The van der Waals surface area contributed by atoms with Crippen LogP contribution < -0.4 is 0 Å². The maximum absolute atomic E-state index is 6.40. The molecule has 0 bridgehead atoms. The van der Waals surface area contributed by atoms with Crippen LogP contribution in [0.1, 0.15) is 52.4 Å². The number of ether oxygens (including phenoxy) is 1. The van der Waals surface area contributed by atoms with Gasteiger partial charge < -0.3 is 9.64 Å². The quantitative estimate of drug-likeness (QED) is 0.716. The lowest BCUT2D eigenvalue weighted by Crippen LogP contribution is -2.50. The van der Waals surface area contributed by atoms with E-state index in [1.165, 1.54) is 51.6 Å². The van der Waals surface area contributed by atoms with E-state index in [2.05, 4.69) is 25.8 Å². The van der Waals surface area contributed by atoms with E-state index in [-0.39, 0.29) is 5.60 Å². The molecule has 0 aromatic carbocycles. The van der Waals surface area contributed by atoms with Crippen LogP contribution in [0.3, 0.4) is 0 Å². The average Bonchev–Trinajstić information content (AvgIpc) is 2.27. The molecule has 2 heteroatoms. The van der Waals surface area contributed by atoms with Gasteiger partial charge in [0.25, 0.3) is 0 Å². The molecule has 2 aliphatic heterocycles. The van der Waals surface area contributed by atoms with Gasteiger partial charge in [0, 0.05) is 13.1 Å². The molecule has 0 saturated carbocycles. The second-order valence-electron chi connectivity index (χ2n) is 5.90. The predicted molar refractivity (Wildman–Crippen MR) is 67.6 cm³/mol. The van der Waals surface area contributed by atoms with Crippen LogP contribution in [0.5, 0.6) is 0 Å². The zero-order valence-electron chi connectivity index (χ0n) is 11.2. The molecule has 0 aromatic rings. The Morgan fingerprint density at radius 1 is 1.25 bits per heavy atom. The average molecular weight is 225 g/mol. The number of nitrogens with zero attached hydrogens (tertiary/aromatic N) is 1. The fraction of sp³-hybridized carbons (Fsp3) is 1.00. The molecule has 0 N–H and O–H groups in total. The van der Waals surface area contributed by atoms with Gasteiger partial charge in [-0.2, -0.15) is 0 Å². The summed E-state index contributed by atoms with van der Waals surface area (Å²) in [6.45, 7) is 7.00. The Bertz CT molecular complexity index is 221. The Morgan fingerprint density at radius 3 is 2.50 bits per heavy atom. The summed E-state index contributed by atoms with van der Waals surface area (Å²) >= 11 is 0. The molecule has 2 nitrogen and oxygen atoms in total. The fourth-order valence-electron chi connectivity index (χ4n) is 3.38. The molecule has 2 aliphatic rings. The third-order valence-corrected chi connectivity index (χ3v) is 4.63. The third kappa shape index (κ3) is 2.60. The van der Waals surface area contributed by atoms with Crippen molar-refractivity contribution in [2.45, 2.75) is 64.1 Å². The van der Waals surface area contributed by atoms with E-state index in [1.807, 2.05) is 0 Å². The van der Waals surface area contributed by atoms with Crippen LogP contribution in [0.15, 0.2) is 0 Å². The van der Waals surface area contributed by atoms with Crippen LogP contribution in [0, 0.1) is 5.92 Å². The van der Waals surface area contributed by atoms with Gasteiger partial charge >= 0.3 is 0 Å². The monoisotopic (exact) mass is 225 g/mol. The fourth-order valence-corrected chi connectivity index (χ4v) is 3.38. The number of likely N-dealkylation sites (tertiary alicyclic amines) is 1. The molecule has 0 amide bonds. The van der Waals surface area contributed by atoms with Crippen molar-refractivity contribution < 1.29 is 4.74 Å². The van der Waals surface area contributed by atoms with E-state index in [9.17, 15) is 0 Å². The highest BCUT2D eigenvalue weighted by Crippen LogP contribution is 2.40. The minimum absolute atomic E-state index is 0.246. The zero-order valence-corrected chi connectivity index (χ0v) is 11.2. The van der Waals surface area contributed by atoms with Crippen molar-refractivity contribution in [1.29, 1.82) is 0 Å². The van der Waals surface area contributed by atoms with E-state index < -0.39 is 0 Å². The summed E-state index contributed by atoms with van der Waals surface area (Å²) in [5.41, 5.74) is 0.246. The van der Waals surface area contributed by atoms with Crippen LogP contribution in [0.25, 0.3) is 0 Å². The van der Waals surface area contributed by atoms with Crippen LogP contribution in [-0.4, -0.2) is 36.7 Å². The zero-order chi connectivity index (χ0) is 11.6. The van der Waals surface area contributed by atoms with Gasteiger partial charge in [-0.25, -0.2) is 0 Å². The molecular weight excluding hydrogens is 198 g/mol. The summed E-state index contributed by atoms with van der Waals surface area (Å²) in [4.78, 5) is 2.43. The maximum atomic E-state index is 6.40. The molecule has 2 atom stereocenters. The third-order valence-electron chi connectivity index (χ3n) is 4.63. The SMILES string of the molecule is CCCC1CCC2(CCN(C)CC2)OC1C. The molecule has 0 aliphatic carbocycles. The van der Waals surface area contributed by atoms with Gasteiger partial charge in [-0.05, 0) is 52.0 Å². The summed E-state index contributed by atoms with van der Waals surface area (Å²) in [5, 5.41) is 0. The minimum Gasteiger partial charge on any atom is -0.372 e. The van der Waals surface area contributed by atoms with Crippen LogP contribution in [-0.2, 0) is 4.74 Å². The Kier molecular flexibility index (Phi) is 3.91. The number of rotatable bonds is 2. The van der Waals surface area contributed by atoms with Gasteiger partial charge in [-0.15, -0.1) is 0 Å². The van der Waals surface area contributed by atoms with Crippen LogP contribution in [0.4, 0.5) is 0 Å². The van der Waals surface area contributed by atoms with Gasteiger partial charge in [-0.1, -0.05) is 13.3 Å². The minimum atomic E-state index is 0.246. The van der Waals surface area contributed by atoms with Crippen molar-refractivity contribution in [2.75, 3.05) is 20.1 Å². The Balaban J connectivity index is 1.90. The van der Waals surface area contributed by atoms with Gasteiger partial charge in [0.1, 0.15) is 0 Å². The molecule has 16 heavy (non-hydrogen) atoms. The molecule has 0 aromatic heterocycles. The summed E-state index contributed by atoms with van der Waals surface area (Å²) in [6, 6.07) is 0. The first-order valence-electron chi connectivity index (χ1n) is 7.01. The predicted octanol–water partition coefficient (Wildman–Crippen LogP) is 3.07. The van der Waals surface area contributed by atoms with E-state index in [0.717, 1.165) is 5.92 Å². The second kappa shape index (κ2) is 5.05. The van der Waals surface area contributed by atoms with Crippen LogP contribution in [0.2, 0.25) is 0 Å². The number of hydrogen-bond acceptors (Lipinski definition) is 2. The van der Waals surface area contributed by atoms with Crippen molar-refractivity contribution in [3.8, 4) is 0 Å². The smallest absolute Gasteiger partial charge is 0.0710 e.